The van der Waals surface area contributed by atoms with E-state index in [9.17, 15) is 18.0 Å². The SMILES string of the molecule is CSc1ccc(Cl)c(C(=O)OCC(=O)N[C@H]2CCS(=O)(=O)C2)c1. The van der Waals surface area contributed by atoms with Gasteiger partial charge in [-0.1, -0.05) is 11.6 Å². The number of carbonyl (C=O) groups is 2. The first kappa shape index (κ1) is 18.1. The molecule has 1 saturated heterocycles. The van der Waals surface area contributed by atoms with Gasteiger partial charge in [0.05, 0.1) is 22.1 Å². The molecular formula is C14H16ClNO5S2. The maximum atomic E-state index is 12.0. The summed E-state index contributed by atoms with van der Waals surface area (Å²) in [7, 11) is -3.07. The Morgan fingerprint density at radius 2 is 2.17 bits per heavy atom. The van der Waals surface area contributed by atoms with Crippen molar-refractivity contribution in [2.24, 2.45) is 0 Å². The molecule has 0 saturated carbocycles. The second-order valence-corrected chi connectivity index (χ2v) is 8.60. The minimum absolute atomic E-state index is 0.0643. The molecule has 0 aliphatic carbocycles. The van der Waals surface area contributed by atoms with Gasteiger partial charge in [-0.15, -0.1) is 11.8 Å². The van der Waals surface area contributed by atoms with Crippen molar-refractivity contribution >= 4 is 45.1 Å². The summed E-state index contributed by atoms with van der Waals surface area (Å²) in [4.78, 5) is 24.6. The maximum Gasteiger partial charge on any atom is 0.340 e. The number of halogens is 1. The largest absolute Gasteiger partial charge is 0.452 e. The molecule has 0 bridgehead atoms. The number of benzene rings is 1. The molecule has 1 N–H and O–H groups in total. The summed E-state index contributed by atoms with van der Waals surface area (Å²) in [6, 6.07) is 4.54. The van der Waals surface area contributed by atoms with Crippen LogP contribution >= 0.6 is 23.4 Å². The Morgan fingerprint density at radius 3 is 2.78 bits per heavy atom. The van der Waals surface area contributed by atoms with Crippen molar-refractivity contribution in [2.75, 3.05) is 24.4 Å². The smallest absolute Gasteiger partial charge is 0.340 e. The van der Waals surface area contributed by atoms with E-state index in [1.165, 1.54) is 11.8 Å². The van der Waals surface area contributed by atoms with Gasteiger partial charge in [0.2, 0.25) is 0 Å². The fraction of sp³-hybridized carbons (Fsp3) is 0.429. The Balaban J connectivity index is 1.88. The summed E-state index contributed by atoms with van der Waals surface area (Å²) in [5.41, 5.74) is 0.190. The quantitative estimate of drug-likeness (QED) is 0.618. The van der Waals surface area contributed by atoms with Crippen LogP contribution in [-0.2, 0) is 19.4 Å². The summed E-state index contributed by atoms with van der Waals surface area (Å²) in [5, 5.41) is 2.79. The van der Waals surface area contributed by atoms with Crippen LogP contribution in [0.4, 0.5) is 0 Å². The first-order valence-corrected chi connectivity index (χ1v) is 10.2. The number of hydrogen-bond acceptors (Lipinski definition) is 6. The molecule has 1 aliphatic heterocycles. The molecule has 0 spiro atoms. The van der Waals surface area contributed by atoms with Gasteiger partial charge in [-0.05, 0) is 30.9 Å². The Bertz CT molecular complexity index is 720. The monoisotopic (exact) mass is 377 g/mol. The molecule has 0 radical (unpaired) electrons. The average molecular weight is 378 g/mol. The molecule has 0 unspecified atom stereocenters. The fourth-order valence-electron chi connectivity index (χ4n) is 2.17. The van der Waals surface area contributed by atoms with Gasteiger partial charge in [-0.2, -0.15) is 0 Å². The number of nitrogens with one attached hydrogen (secondary N) is 1. The standard InChI is InChI=1S/C14H16ClNO5S2/c1-22-10-2-3-12(15)11(6-10)14(18)21-7-13(17)16-9-4-5-23(19,20)8-9/h2-3,6,9H,4-5,7-8H2,1H3,(H,16,17)/t9-/m0/s1. The highest BCUT2D eigenvalue weighted by molar-refractivity contribution is 7.98. The van der Waals surface area contributed by atoms with Crippen molar-refractivity contribution in [3.63, 3.8) is 0 Å². The average Bonchev–Trinajstić information content (AvgIpc) is 2.84. The molecule has 1 amide bonds. The van der Waals surface area contributed by atoms with Crippen LogP contribution in [0.25, 0.3) is 0 Å². The number of carbonyl (C=O) groups excluding carboxylic acids is 2. The Labute approximate surface area is 143 Å². The zero-order valence-corrected chi connectivity index (χ0v) is 14.8. The van der Waals surface area contributed by atoms with E-state index >= 15 is 0 Å². The molecule has 1 aliphatic rings. The van der Waals surface area contributed by atoms with Crippen molar-refractivity contribution in [1.29, 1.82) is 0 Å². The fourth-order valence-corrected chi connectivity index (χ4v) is 4.48. The van der Waals surface area contributed by atoms with Crippen LogP contribution in [0.15, 0.2) is 23.1 Å². The van der Waals surface area contributed by atoms with Crippen molar-refractivity contribution in [2.45, 2.75) is 17.4 Å². The van der Waals surface area contributed by atoms with Gasteiger partial charge in [0.15, 0.2) is 16.4 Å². The third kappa shape index (κ3) is 5.12. The van der Waals surface area contributed by atoms with Gasteiger partial charge in [0, 0.05) is 10.9 Å². The van der Waals surface area contributed by atoms with Gasteiger partial charge in [-0.25, -0.2) is 13.2 Å². The van der Waals surface area contributed by atoms with Gasteiger partial charge in [0.25, 0.3) is 5.91 Å². The number of esters is 1. The van der Waals surface area contributed by atoms with E-state index in [1.807, 2.05) is 6.26 Å². The predicted molar refractivity (Wildman–Crippen MR) is 88.7 cm³/mol. The van der Waals surface area contributed by atoms with Crippen LogP contribution in [0.1, 0.15) is 16.8 Å². The van der Waals surface area contributed by atoms with E-state index in [-0.39, 0.29) is 22.1 Å². The van der Waals surface area contributed by atoms with Gasteiger partial charge < -0.3 is 10.1 Å². The summed E-state index contributed by atoms with van der Waals surface area (Å²) < 4.78 is 27.6. The molecule has 2 rings (SSSR count). The van der Waals surface area contributed by atoms with E-state index in [4.69, 9.17) is 16.3 Å². The predicted octanol–water partition coefficient (Wildman–Crippen LogP) is 1.52. The minimum atomic E-state index is -3.07. The Morgan fingerprint density at radius 1 is 1.43 bits per heavy atom. The van der Waals surface area contributed by atoms with Gasteiger partial charge in [0.1, 0.15) is 0 Å². The van der Waals surface area contributed by atoms with Crippen LogP contribution in [-0.4, -0.2) is 50.7 Å². The van der Waals surface area contributed by atoms with E-state index in [0.717, 1.165) is 4.90 Å². The third-order valence-electron chi connectivity index (χ3n) is 3.33. The number of ether oxygens (including phenoxy) is 1. The third-order valence-corrected chi connectivity index (χ3v) is 6.15. The lowest BCUT2D eigenvalue weighted by molar-refractivity contribution is -0.124. The number of rotatable bonds is 5. The van der Waals surface area contributed by atoms with E-state index in [0.29, 0.717) is 6.42 Å². The highest BCUT2D eigenvalue weighted by Gasteiger charge is 2.29. The molecule has 6 nitrogen and oxygen atoms in total. The summed E-state index contributed by atoms with van der Waals surface area (Å²) >= 11 is 7.41. The topological polar surface area (TPSA) is 89.5 Å². The molecule has 23 heavy (non-hydrogen) atoms. The molecular weight excluding hydrogens is 362 g/mol. The van der Waals surface area contributed by atoms with Gasteiger partial charge in [-0.3, -0.25) is 4.79 Å². The molecule has 1 atom stereocenters. The lowest BCUT2D eigenvalue weighted by Gasteiger charge is -2.11. The molecule has 0 aromatic heterocycles. The first-order valence-electron chi connectivity index (χ1n) is 6.81. The van der Waals surface area contributed by atoms with E-state index in [1.54, 1.807) is 18.2 Å². The van der Waals surface area contributed by atoms with E-state index in [2.05, 4.69) is 5.32 Å². The summed E-state index contributed by atoms with van der Waals surface area (Å²) in [5.74, 6) is -1.24. The highest BCUT2D eigenvalue weighted by atomic mass is 35.5. The molecule has 1 aromatic carbocycles. The minimum Gasteiger partial charge on any atom is -0.452 e. The number of amides is 1. The number of thioether (sulfide) groups is 1. The highest BCUT2D eigenvalue weighted by Crippen LogP contribution is 2.23. The Kier molecular flexibility index (Phi) is 5.94. The molecule has 9 heteroatoms. The lowest BCUT2D eigenvalue weighted by Crippen LogP contribution is -2.38. The van der Waals surface area contributed by atoms with Crippen molar-refractivity contribution in [3.8, 4) is 0 Å². The van der Waals surface area contributed by atoms with E-state index < -0.39 is 34.4 Å². The molecule has 126 valence electrons. The van der Waals surface area contributed by atoms with Crippen molar-refractivity contribution in [3.05, 3.63) is 28.8 Å². The first-order chi connectivity index (χ1) is 10.8. The lowest BCUT2D eigenvalue weighted by atomic mass is 10.2. The van der Waals surface area contributed by atoms with Crippen molar-refractivity contribution in [1.82, 2.24) is 5.32 Å². The summed E-state index contributed by atoms with van der Waals surface area (Å²) in [6.45, 7) is -0.477. The maximum absolute atomic E-state index is 12.0. The molecule has 1 aromatic rings. The van der Waals surface area contributed by atoms with Crippen molar-refractivity contribution < 1.29 is 22.7 Å². The van der Waals surface area contributed by atoms with Crippen LogP contribution in [0, 0.1) is 0 Å². The van der Waals surface area contributed by atoms with Crippen LogP contribution in [0.2, 0.25) is 5.02 Å². The van der Waals surface area contributed by atoms with Crippen LogP contribution < -0.4 is 5.32 Å². The van der Waals surface area contributed by atoms with Gasteiger partial charge >= 0.3 is 5.97 Å². The van der Waals surface area contributed by atoms with Crippen LogP contribution in [0.5, 0.6) is 0 Å². The molecule has 1 fully saturated rings. The summed E-state index contributed by atoms with van der Waals surface area (Å²) in [6.07, 6.45) is 2.24. The van der Waals surface area contributed by atoms with Crippen LogP contribution in [0.3, 0.4) is 0 Å². The second kappa shape index (κ2) is 7.55. The molecule has 1 heterocycles. The zero-order valence-electron chi connectivity index (χ0n) is 12.4. The Hall–Kier alpha value is -1.25. The second-order valence-electron chi connectivity index (χ2n) is 5.09. The zero-order chi connectivity index (χ0) is 17.0. The number of hydrogen-bond donors (Lipinski definition) is 1. The normalized spacial score (nSPS) is 19.3. The number of sulfone groups is 1.